The highest BCUT2D eigenvalue weighted by Crippen LogP contribution is 2.19. The van der Waals surface area contributed by atoms with Gasteiger partial charge in [-0.1, -0.05) is 42.5 Å². The van der Waals surface area contributed by atoms with Crippen molar-refractivity contribution in [2.24, 2.45) is 0 Å². The number of halogens is 1. The Morgan fingerprint density at radius 2 is 1.42 bits per heavy atom. The number of rotatable bonds is 6. The number of benzene rings is 3. The number of carbonyl (C=O) groups excluding carboxylic acids is 2. The summed E-state index contributed by atoms with van der Waals surface area (Å²) in [6.45, 7) is 0. The van der Waals surface area contributed by atoms with Crippen molar-refractivity contribution in [2.75, 3.05) is 5.32 Å². The van der Waals surface area contributed by atoms with Crippen molar-refractivity contribution >= 4 is 17.3 Å². The van der Waals surface area contributed by atoms with E-state index in [0.29, 0.717) is 22.4 Å². The minimum absolute atomic E-state index is 0.105. The largest absolute Gasteiger partial charge is 0.361 e. The molecule has 0 fully saturated rings. The number of carbonyl (C=O) groups is 2. The van der Waals surface area contributed by atoms with Crippen LogP contribution in [0.2, 0.25) is 0 Å². The van der Waals surface area contributed by atoms with Gasteiger partial charge >= 0.3 is 0 Å². The van der Waals surface area contributed by atoms with Gasteiger partial charge in [0.05, 0.1) is 0 Å². The molecule has 128 valence electrons. The van der Waals surface area contributed by atoms with E-state index in [9.17, 15) is 14.0 Å². The highest BCUT2D eigenvalue weighted by Gasteiger charge is 2.12. The van der Waals surface area contributed by atoms with Crippen molar-refractivity contribution in [1.29, 1.82) is 0 Å². The Labute approximate surface area is 150 Å². The van der Waals surface area contributed by atoms with Crippen LogP contribution < -0.4 is 5.32 Å². The van der Waals surface area contributed by atoms with Crippen molar-refractivity contribution in [2.45, 2.75) is 0 Å². The highest BCUT2D eigenvalue weighted by molar-refractivity contribution is 6.12. The molecule has 0 amide bonds. The van der Waals surface area contributed by atoms with Crippen LogP contribution in [-0.2, 0) is 0 Å². The molecule has 4 heteroatoms. The second-order valence-corrected chi connectivity index (χ2v) is 5.59. The summed E-state index contributed by atoms with van der Waals surface area (Å²) in [6.07, 6.45) is 2.82. The molecule has 1 N–H and O–H groups in total. The summed E-state index contributed by atoms with van der Waals surface area (Å²) in [7, 11) is 0. The van der Waals surface area contributed by atoms with Gasteiger partial charge in [0.25, 0.3) is 0 Å². The molecule has 3 nitrogen and oxygen atoms in total. The number of anilines is 1. The zero-order valence-electron chi connectivity index (χ0n) is 13.9. The first-order chi connectivity index (χ1) is 12.6. The Morgan fingerprint density at radius 1 is 0.769 bits per heavy atom. The average molecular weight is 345 g/mol. The van der Waals surface area contributed by atoms with Crippen LogP contribution in [0.4, 0.5) is 10.1 Å². The van der Waals surface area contributed by atoms with Crippen molar-refractivity contribution in [3.8, 4) is 0 Å². The van der Waals surface area contributed by atoms with Gasteiger partial charge in [-0.3, -0.25) is 9.59 Å². The van der Waals surface area contributed by atoms with Gasteiger partial charge in [-0.15, -0.1) is 0 Å². The molecule has 3 aromatic carbocycles. The number of nitrogens with one attached hydrogen (secondary N) is 1. The normalized spacial score (nSPS) is 10.7. The van der Waals surface area contributed by atoms with Crippen molar-refractivity contribution in [1.82, 2.24) is 0 Å². The summed E-state index contributed by atoms with van der Waals surface area (Å²) in [6, 6.07) is 21.4. The Balaban J connectivity index is 1.75. The Morgan fingerprint density at radius 3 is 2.15 bits per heavy atom. The topological polar surface area (TPSA) is 46.2 Å². The first-order valence-corrected chi connectivity index (χ1v) is 8.07. The molecule has 0 aliphatic heterocycles. The molecule has 0 atom stereocenters. The maximum Gasteiger partial charge on any atom is 0.195 e. The van der Waals surface area contributed by atoms with Crippen molar-refractivity contribution in [3.63, 3.8) is 0 Å². The van der Waals surface area contributed by atoms with Crippen LogP contribution in [0.5, 0.6) is 0 Å². The van der Waals surface area contributed by atoms with Crippen LogP contribution in [0, 0.1) is 5.82 Å². The van der Waals surface area contributed by atoms with Gasteiger partial charge in [-0.05, 0) is 36.4 Å². The van der Waals surface area contributed by atoms with Crippen LogP contribution in [-0.4, -0.2) is 11.6 Å². The number of hydrogen-bond donors (Lipinski definition) is 1. The molecule has 3 rings (SSSR count). The molecule has 0 heterocycles. The zero-order valence-corrected chi connectivity index (χ0v) is 13.9. The van der Waals surface area contributed by atoms with E-state index in [1.54, 1.807) is 36.4 Å². The van der Waals surface area contributed by atoms with Gasteiger partial charge < -0.3 is 5.32 Å². The van der Waals surface area contributed by atoms with E-state index >= 15 is 0 Å². The fraction of sp³-hybridized carbons (Fsp3) is 0. The molecule has 0 aromatic heterocycles. The molecule has 0 radical (unpaired) electrons. The van der Waals surface area contributed by atoms with Crippen molar-refractivity contribution < 1.29 is 14.0 Å². The van der Waals surface area contributed by atoms with Gasteiger partial charge in [-0.2, -0.15) is 0 Å². The maximum atomic E-state index is 12.9. The second-order valence-electron chi connectivity index (χ2n) is 5.59. The number of ketones is 2. The van der Waals surface area contributed by atoms with Gasteiger partial charge in [0.1, 0.15) is 5.82 Å². The monoisotopic (exact) mass is 345 g/mol. The van der Waals surface area contributed by atoms with E-state index < -0.39 is 5.82 Å². The van der Waals surface area contributed by atoms with Crippen LogP contribution in [0.1, 0.15) is 26.3 Å². The molecule has 3 aromatic rings. The lowest BCUT2D eigenvalue weighted by Gasteiger charge is -2.08. The predicted octanol–water partition coefficient (Wildman–Crippen LogP) is 4.87. The number of para-hydroxylation sites is 1. The Hall–Kier alpha value is -3.53. The summed E-state index contributed by atoms with van der Waals surface area (Å²) in [5.74, 6) is -0.756. The molecule has 0 unspecified atom stereocenters. The van der Waals surface area contributed by atoms with E-state index in [-0.39, 0.29) is 11.6 Å². The van der Waals surface area contributed by atoms with Crippen LogP contribution in [0.25, 0.3) is 0 Å². The van der Waals surface area contributed by atoms with Crippen LogP contribution in [0.15, 0.2) is 91.1 Å². The Bertz CT molecular complexity index is 947. The summed E-state index contributed by atoms with van der Waals surface area (Å²) in [5, 5.41) is 2.98. The van der Waals surface area contributed by atoms with E-state index in [1.807, 2.05) is 18.2 Å². The van der Waals surface area contributed by atoms with E-state index in [4.69, 9.17) is 0 Å². The lowest BCUT2D eigenvalue weighted by atomic mass is 10.0. The van der Waals surface area contributed by atoms with E-state index in [1.165, 1.54) is 36.5 Å². The molecular formula is C22H16FNO2. The maximum absolute atomic E-state index is 12.9. The highest BCUT2D eigenvalue weighted by atomic mass is 19.1. The molecule has 0 saturated carbocycles. The SMILES string of the molecule is O=C(C=CNc1ccccc1C(=O)c1ccccc1)c1ccc(F)cc1. The van der Waals surface area contributed by atoms with Gasteiger partial charge in [0.2, 0.25) is 0 Å². The average Bonchev–Trinajstić information content (AvgIpc) is 2.69. The number of allylic oxidation sites excluding steroid dienone is 1. The molecule has 0 aliphatic rings. The Kier molecular flexibility index (Phi) is 5.34. The third kappa shape index (κ3) is 4.11. The summed E-state index contributed by atoms with van der Waals surface area (Å²) >= 11 is 0. The van der Waals surface area contributed by atoms with Crippen LogP contribution >= 0.6 is 0 Å². The third-order valence-corrected chi connectivity index (χ3v) is 3.81. The lowest BCUT2D eigenvalue weighted by molar-refractivity contribution is 0.103. The minimum atomic E-state index is -0.392. The smallest absolute Gasteiger partial charge is 0.195 e. The summed E-state index contributed by atoms with van der Waals surface area (Å²) in [4.78, 5) is 24.7. The standard InChI is InChI=1S/C22H16FNO2/c23-18-12-10-16(11-13-18)21(25)14-15-24-20-9-5-4-8-19(20)22(26)17-6-2-1-3-7-17/h1-15,24H. The van der Waals surface area contributed by atoms with Gasteiger partial charge in [0, 0.05) is 34.7 Å². The molecule has 26 heavy (non-hydrogen) atoms. The molecule has 0 spiro atoms. The zero-order chi connectivity index (χ0) is 18.4. The second kappa shape index (κ2) is 8.03. The molecule has 0 aliphatic carbocycles. The van der Waals surface area contributed by atoms with E-state index in [2.05, 4.69) is 5.32 Å². The fourth-order valence-corrected chi connectivity index (χ4v) is 2.47. The fourth-order valence-electron chi connectivity index (χ4n) is 2.47. The number of hydrogen-bond acceptors (Lipinski definition) is 3. The summed E-state index contributed by atoms with van der Waals surface area (Å²) < 4.78 is 12.9. The lowest BCUT2D eigenvalue weighted by Crippen LogP contribution is -2.05. The quantitative estimate of drug-likeness (QED) is 0.512. The summed E-state index contributed by atoms with van der Waals surface area (Å²) in [5.41, 5.74) is 2.09. The molecule has 0 bridgehead atoms. The minimum Gasteiger partial charge on any atom is -0.361 e. The van der Waals surface area contributed by atoms with E-state index in [0.717, 1.165) is 0 Å². The molecular weight excluding hydrogens is 329 g/mol. The first kappa shape index (κ1) is 17.3. The predicted molar refractivity (Wildman–Crippen MR) is 99.8 cm³/mol. The molecule has 0 saturated heterocycles. The van der Waals surface area contributed by atoms with Crippen LogP contribution in [0.3, 0.4) is 0 Å². The van der Waals surface area contributed by atoms with Gasteiger partial charge in [0.15, 0.2) is 11.6 Å². The van der Waals surface area contributed by atoms with Gasteiger partial charge in [-0.25, -0.2) is 4.39 Å². The first-order valence-electron chi connectivity index (χ1n) is 8.07. The van der Waals surface area contributed by atoms with Crippen molar-refractivity contribution in [3.05, 3.63) is 114 Å². The third-order valence-electron chi connectivity index (χ3n) is 3.81.